The molecule has 27 heavy (non-hydrogen) atoms. The molecule has 3 rings (SSSR count). The van der Waals surface area contributed by atoms with Gasteiger partial charge in [-0.3, -0.25) is 4.79 Å². The predicted octanol–water partition coefficient (Wildman–Crippen LogP) is 4.08. The summed E-state index contributed by atoms with van der Waals surface area (Å²) in [5.74, 6) is -0.0738. The minimum Gasteiger partial charge on any atom is -0.469 e. The maximum absolute atomic E-state index is 14.7. The number of carbonyl (C=O) groups excluding carboxylic acids is 1. The fourth-order valence-corrected chi connectivity index (χ4v) is 2.94. The average Bonchev–Trinajstić information content (AvgIpc) is 2.68. The van der Waals surface area contributed by atoms with Crippen molar-refractivity contribution >= 4 is 28.2 Å². The second-order valence-electron chi connectivity index (χ2n) is 6.38. The number of nitrogens with zero attached hydrogens (tertiary/aromatic N) is 2. The Balaban J connectivity index is 2.00. The van der Waals surface area contributed by atoms with Gasteiger partial charge in [-0.15, -0.1) is 0 Å². The summed E-state index contributed by atoms with van der Waals surface area (Å²) in [6, 6.07) is 12.8. The lowest BCUT2D eigenvalue weighted by Gasteiger charge is -2.15. The van der Waals surface area contributed by atoms with Crippen molar-refractivity contribution in [3.63, 3.8) is 0 Å². The van der Waals surface area contributed by atoms with Crippen LogP contribution in [0, 0.1) is 5.82 Å². The number of hydrogen-bond donors (Lipinski definition) is 1. The number of hydrogen-bond acceptors (Lipinski definition) is 5. The molecule has 1 N–H and O–H groups in total. The fraction of sp³-hybridized carbons (Fsp3) is 0.238. The highest BCUT2D eigenvalue weighted by Gasteiger charge is 2.13. The van der Waals surface area contributed by atoms with E-state index in [2.05, 4.69) is 15.0 Å². The van der Waals surface area contributed by atoms with E-state index in [4.69, 9.17) is 0 Å². The molecule has 0 aliphatic rings. The summed E-state index contributed by atoms with van der Waals surface area (Å²) in [5.41, 5.74) is 2.69. The van der Waals surface area contributed by atoms with Crippen molar-refractivity contribution in [3.8, 4) is 11.1 Å². The molecule has 0 spiro atoms. The quantitative estimate of drug-likeness (QED) is 0.665. The number of nitrogens with one attached hydrogen (secondary N) is 1. The molecular weight excluding hydrogens is 345 g/mol. The van der Waals surface area contributed by atoms with Crippen molar-refractivity contribution in [2.45, 2.75) is 6.42 Å². The lowest BCUT2D eigenvalue weighted by Crippen LogP contribution is -2.11. The molecule has 1 aromatic heterocycles. The Bertz CT molecular complexity index is 956. The van der Waals surface area contributed by atoms with E-state index in [1.165, 1.54) is 13.2 Å². The van der Waals surface area contributed by atoms with Crippen LogP contribution >= 0.6 is 0 Å². The lowest BCUT2D eigenvalue weighted by atomic mass is 9.99. The standard InChI is InChI=1S/C21H22FN3O2/c1-25(2)15-9-7-14(8-10-15)17-13-24-21(23-12-11-19(26)27-3)16-5-4-6-18(22)20(16)17/h4-10,13H,11-12H2,1-3H3,(H,23,24). The first kappa shape index (κ1) is 18.6. The molecule has 2 aromatic carbocycles. The molecular formula is C21H22FN3O2. The van der Waals surface area contributed by atoms with Gasteiger partial charge in [0.15, 0.2) is 0 Å². The maximum atomic E-state index is 14.7. The van der Waals surface area contributed by atoms with Crippen LogP contribution in [0.2, 0.25) is 0 Å². The van der Waals surface area contributed by atoms with E-state index < -0.39 is 0 Å². The van der Waals surface area contributed by atoms with Gasteiger partial charge in [0.25, 0.3) is 0 Å². The maximum Gasteiger partial charge on any atom is 0.307 e. The van der Waals surface area contributed by atoms with Gasteiger partial charge in [-0.1, -0.05) is 24.3 Å². The molecule has 0 aliphatic heterocycles. The summed E-state index contributed by atoms with van der Waals surface area (Å²) in [4.78, 5) is 17.8. The van der Waals surface area contributed by atoms with Crippen molar-refractivity contribution in [1.29, 1.82) is 0 Å². The molecule has 140 valence electrons. The molecule has 0 amide bonds. The van der Waals surface area contributed by atoms with Crippen LogP contribution in [0.1, 0.15) is 6.42 Å². The Hall–Kier alpha value is -3.15. The van der Waals surface area contributed by atoms with E-state index in [1.54, 1.807) is 12.3 Å². The molecule has 1 heterocycles. The normalized spacial score (nSPS) is 10.7. The van der Waals surface area contributed by atoms with Crippen LogP contribution in [0.4, 0.5) is 15.9 Å². The van der Waals surface area contributed by atoms with E-state index >= 15 is 0 Å². The van der Waals surface area contributed by atoms with Gasteiger partial charge < -0.3 is 15.0 Å². The van der Waals surface area contributed by atoms with E-state index in [9.17, 15) is 9.18 Å². The number of aromatic nitrogens is 1. The van der Waals surface area contributed by atoms with E-state index in [-0.39, 0.29) is 18.2 Å². The first-order valence-corrected chi connectivity index (χ1v) is 8.67. The zero-order valence-corrected chi connectivity index (χ0v) is 15.6. The third-order valence-electron chi connectivity index (χ3n) is 4.40. The molecule has 0 aliphatic carbocycles. The van der Waals surface area contributed by atoms with Crippen LogP contribution in [-0.2, 0) is 9.53 Å². The number of anilines is 2. The number of rotatable bonds is 6. The van der Waals surface area contributed by atoms with Gasteiger partial charge in [0, 0.05) is 48.9 Å². The minimum absolute atomic E-state index is 0.211. The first-order valence-electron chi connectivity index (χ1n) is 8.67. The Labute approximate surface area is 157 Å². The average molecular weight is 367 g/mol. The van der Waals surface area contributed by atoms with Crippen LogP contribution in [-0.4, -0.2) is 38.7 Å². The van der Waals surface area contributed by atoms with Crippen molar-refractivity contribution in [2.24, 2.45) is 0 Å². The summed E-state index contributed by atoms with van der Waals surface area (Å²) < 4.78 is 19.3. The SMILES string of the molecule is COC(=O)CCNc1ncc(-c2ccc(N(C)C)cc2)c2c(F)cccc12. The smallest absolute Gasteiger partial charge is 0.307 e. The monoisotopic (exact) mass is 367 g/mol. The van der Waals surface area contributed by atoms with Gasteiger partial charge >= 0.3 is 5.97 Å². The van der Waals surface area contributed by atoms with Crippen LogP contribution in [0.25, 0.3) is 21.9 Å². The van der Waals surface area contributed by atoms with Gasteiger partial charge in [-0.2, -0.15) is 0 Å². The number of esters is 1. The molecule has 0 fully saturated rings. The Morgan fingerprint density at radius 2 is 1.93 bits per heavy atom. The largest absolute Gasteiger partial charge is 0.469 e. The molecule has 6 heteroatoms. The fourth-order valence-electron chi connectivity index (χ4n) is 2.94. The van der Waals surface area contributed by atoms with Crippen molar-refractivity contribution in [3.05, 3.63) is 54.5 Å². The zero-order chi connectivity index (χ0) is 19.4. The summed E-state index contributed by atoms with van der Waals surface area (Å²) in [5, 5.41) is 4.28. The number of ether oxygens (including phenoxy) is 1. The zero-order valence-electron chi connectivity index (χ0n) is 15.6. The van der Waals surface area contributed by atoms with Gasteiger partial charge in [-0.05, 0) is 23.8 Å². The molecule has 0 saturated carbocycles. The highest BCUT2D eigenvalue weighted by molar-refractivity contribution is 6.02. The van der Waals surface area contributed by atoms with Gasteiger partial charge in [0.2, 0.25) is 0 Å². The highest BCUT2D eigenvalue weighted by atomic mass is 19.1. The number of halogens is 1. The van der Waals surface area contributed by atoms with Gasteiger partial charge in [-0.25, -0.2) is 9.37 Å². The van der Waals surface area contributed by atoms with Crippen molar-refractivity contribution in [2.75, 3.05) is 38.0 Å². The van der Waals surface area contributed by atoms with Gasteiger partial charge in [0.05, 0.1) is 13.5 Å². The van der Waals surface area contributed by atoms with Crippen LogP contribution in [0.15, 0.2) is 48.7 Å². The number of benzene rings is 2. The molecule has 0 radical (unpaired) electrons. The topological polar surface area (TPSA) is 54.5 Å². The number of methoxy groups -OCH3 is 1. The molecule has 0 bridgehead atoms. The van der Waals surface area contributed by atoms with Crippen LogP contribution < -0.4 is 10.2 Å². The molecule has 0 saturated heterocycles. The summed E-state index contributed by atoms with van der Waals surface area (Å²) in [7, 11) is 5.29. The summed E-state index contributed by atoms with van der Waals surface area (Å²) in [6.45, 7) is 0.363. The van der Waals surface area contributed by atoms with Crippen LogP contribution in [0.3, 0.4) is 0 Å². The molecule has 3 aromatic rings. The molecule has 0 unspecified atom stereocenters. The Kier molecular flexibility index (Phi) is 5.54. The summed E-state index contributed by atoms with van der Waals surface area (Å²) >= 11 is 0. The number of fused-ring (bicyclic) bond motifs is 1. The second kappa shape index (κ2) is 8.03. The van der Waals surface area contributed by atoms with E-state index in [0.29, 0.717) is 23.1 Å². The Morgan fingerprint density at radius 1 is 1.19 bits per heavy atom. The third-order valence-corrected chi connectivity index (χ3v) is 4.40. The van der Waals surface area contributed by atoms with E-state index in [0.717, 1.165) is 16.8 Å². The first-order chi connectivity index (χ1) is 13.0. The van der Waals surface area contributed by atoms with Crippen LogP contribution in [0.5, 0.6) is 0 Å². The number of carbonyl (C=O) groups is 1. The predicted molar refractivity (Wildman–Crippen MR) is 107 cm³/mol. The van der Waals surface area contributed by atoms with Crippen molar-refractivity contribution in [1.82, 2.24) is 4.98 Å². The second-order valence-corrected chi connectivity index (χ2v) is 6.38. The number of pyridine rings is 1. The minimum atomic E-state index is -0.310. The highest BCUT2D eigenvalue weighted by Crippen LogP contribution is 2.34. The summed E-state index contributed by atoms with van der Waals surface area (Å²) in [6.07, 6.45) is 1.87. The lowest BCUT2D eigenvalue weighted by molar-refractivity contribution is -0.140. The van der Waals surface area contributed by atoms with E-state index in [1.807, 2.05) is 49.3 Å². The van der Waals surface area contributed by atoms with Crippen molar-refractivity contribution < 1.29 is 13.9 Å². The Morgan fingerprint density at radius 3 is 2.59 bits per heavy atom. The van der Waals surface area contributed by atoms with Gasteiger partial charge in [0.1, 0.15) is 11.6 Å². The molecule has 5 nitrogen and oxygen atoms in total. The third kappa shape index (κ3) is 4.00. The molecule has 0 atom stereocenters.